The number of hydrogen-bond acceptors (Lipinski definition) is 6. The maximum absolute atomic E-state index is 11.6. The van der Waals surface area contributed by atoms with Gasteiger partial charge in [-0.3, -0.25) is 14.7 Å². The number of nitrogens with zero attached hydrogens (tertiary/aromatic N) is 4. The molecule has 0 spiro atoms. The summed E-state index contributed by atoms with van der Waals surface area (Å²) in [6.07, 6.45) is 1.21. The molecule has 0 atom stereocenters. The Labute approximate surface area is 141 Å². The molecule has 2 N–H and O–H groups in total. The Hall–Kier alpha value is -2.41. The summed E-state index contributed by atoms with van der Waals surface area (Å²) in [5.41, 5.74) is 2.23. The Morgan fingerprint density at radius 3 is 2.46 bits per heavy atom. The molecular weight excluding hydrogens is 304 g/mol. The fourth-order valence-electron chi connectivity index (χ4n) is 2.89. The molecule has 0 bridgehead atoms. The van der Waals surface area contributed by atoms with Crippen LogP contribution in [0, 0.1) is 6.92 Å². The van der Waals surface area contributed by atoms with Gasteiger partial charge in [0.1, 0.15) is 5.69 Å². The first-order chi connectivity index (χ1) is 11.7. The van der Waals surface area contributed by atoms with E-state index >= 15 is 0 Å². The predicted molar refractivity (Wildman–Crippen MR) is 96.1 cm³/mol. The number of anilines is 3. The van der Waals surface area contributed by atoms with Crippen LogP contribution in [0.2, 0.25) is 0 Å². The lowest BCUT2D eigenvalue weighted by Gasteiger charge is -2.36. The zero-order valence-corrected chi connectivity index (χ0v) is 14.2. The van der Waals surface area contributed by atoms with Crippen LogP contribution in [-0.2, 0) is 0 Å². The minimum absolute atomic E-state index is 0.228. The van der Waals surface area contributed by atoms with Gasteiger partial charge in [0.25, 0.3) is 5.56 Å². The molecule has 7 heteroatoms. The van der Waals surface area contributed by atoms with E-state index in [1.807, 2.05) is 12.1 Å². The molecule has 1 aromatic heterocycles. The molecule has 1 aromatic carbocycles. The third-order valence-electron chi connectivity index (χ3n) is 4.27. The maximum atomic E-state index is 11.6. The maximum Gasteiger partial charge on any atom is 0.273 e. The Balaban J connectivity index is 1.61. The summed E-state index contributed by atoms with van der Waals surface area (Å²) in [6.45, 7) is 9.40. The quantitative estimate of drug-likeness (QED) is 0.871. The first-order valence-corrected chi connectivity index (χ1v) is 8.43. The molecular formula is C17H24N6O. The first-order valence-electron chi connectivity index (χ1n) is 8.43. The number of H-pyrrole nitrogens is 1. The second kappa shape index (κ2) is 7.44. The average molecular weight is 328 g/mol. The number of rotatable bonds is 5. The highest BCUT2D eigenvalue weighted by atomic mass is 16.1. The van der Waals surface area contributed by atoms with Gasteiger partial charge in [-0.15, -0.1) is 10.2 Å². The summed E-state index contributed by atoms with van der Waals surface area (Å²) in [5.74, 6) is 0.353. The van der Waals surface area contributed by atoms with Gasteiger partial charge in [0.2, 0.25) is 5.95 Å². The van der Waals surface area contributed by atoms with Crippen molar-refractivity contribution in [1.82, 2.24) is 20.1 Å². The van der Waals surface area contributed by atoms with E-state index in [0.717, 1.165) is 31.9 Å². The van der Waals surface area contributed by atoms with Gasteiger partial charge in [-0.25, -0.2) is 0 Å². The van der Waals surface area contributed by atoms with E-state index in [2.05, 4.69) is 49.4 Å². The van der Waals surface area contributed by atoms with E-state index in [1.165, 1.54) is 18.7 Å². The lowest BCUT2D eigenvalue weighted by Crippen LogP contribution is -2.46. The van der Waals surface area contributed by atoms with Gasteiger partial charge in [0.05, 0.1) is 0 Å². The molecule has 7 nitrogen and oxygen atoms in total. The second-order valence-corrected chi connectivity index (χ2v) is 6.09. The minimum Gasteiger partial charge on any atom is -0.369 e. The summed E-state index contributed by atoms with van der Waals surface area (Å²) in [6, 6.07) is 8.18. The van der Waals surface area contributed by atoms with Crippen LogP contribution in [0.25, 0.3) is 0 Å². The van der Waals surface area contributed by atoms with Gasteiger partial charge in [-0.1, -0.05) is 6.92 Å². The summed E-state index contributed by atoms with van der Waals surface area (Å²) in [4.78, 5) is 19.1. The van der Waals surface area contributed by atoms with Crippen LogP contribution in [0.3, 0.4) is 0 Å². The summed E-state index contributed by atoms with van der Waals surface area (Å²) in [7, 11) is 0. The third kappa shape index (κ3) is 3.91. The SMILES string of the molecule is CCCN1CCN(c2ccc(Nc3nnc(C)c(=O)[nH]3)cc2)CC1. The zero-order chi connectivity index (χ0) is 16.9. The molecule has 0 saturated carbocycles. The normalized spacial score (nSPS) is 15.5. The average Bonchev–Trinajstić information content (AvgIpc) is 2.60. The Morgan fingerprint density at radius 1 is 1.12 bits per heavy atom. The van der Waals surface area contributed by atoms with E-state index in [0.29, 0.717) is 11.6 Å². The van der Waals surface area contributed by atoms with E-state index in [-0.39, 0.29) is 5.56 Å². The molecule has 2 heterocycles. The standard InChI is InChI=1S/C17H24N6O/c1-3-8-22-9-11-23(12-10-22)15-6-4-14(5-7-15)18-17-19-16(24)13(2)20-21-17/h4-7H,3,8-12H2,1-2H3,(H2,18,19,21,24). The molecule has 1 aliphatic heterocycles. The highest BCUT2D eigenvalue weighted by molar-refractivity contribution is 5.59. The largest absolute Gasteiger partial charge is 0.369 e. The highest BCUT2D eigenvalue weighted by Gasteiger charge is 2.16. The molecule has 1 fully saturated rings. The van der Waals surface area contributed by atoms with Crippen molar-refractivity contribution in [2.45, 2.75) is 20.3 Å². The predicted octanol–water partition coefficient (Wildman–Crippen LogP) is 1.75. The Kier molecular flexibility index (Phi) is 5.10. The molecule has 128 valence electrons. The van der Waals surface area contributed by atoms with Crippen molar-refractivity contribution in [2.24, 2.45) is 0 Å². The van der Waals surface area contributed by atoms with Gasteiger partial charge in [0.15, 0.2) is 0 Å². The van der Waals surface area contributed by atoms with Crippen molar-refractivity contribution in [2.75, 3.05) is 42.9 Å². The van der Waals surface area contributed by atoms with E-state index in [1.54, 1.807) is 6.92 Å². The molecule has 0 radical (unpaired) electrons. The van der Waals surface area contributed by atoms with Crippen molar-refractivity contribution >= 4 is 17.3 Å². The molecule has 0 unspecified atom stereocenters. The number of hydrogen-bond donors (Lipinski definition) is 2. The van der Waals surface area contributed by atoms with Crippen LogP contribution in [0.5, 0.6) is 0 Å². The molecule has 1 aliphatic rings. The second-order valence-electron chi connectivity index (χ2n) is 6.09. The van der Waals surface area contributed by atoms with Gasteiger partial charge in [-0.2, -0.15) is 0 Å². The smallest absolute Gasteiger partial charge is 0.273 e. The van der Waals surface area contributed by atoms with Crippen molar-refractivity contribution in [3.05, 3.63) is 40.3 Å². The number of benzene rings is 1. The van der Waals surface area contributed by atoms with Crippen LogP contribution in [0.4, 0.5) is 17.3 Å². The molecule has 24 heavy (non-hydrogen) atoms. The van der Waals surface area contributed by atoms with Crippen molar-refractivity contribution in [1.29, 1.82) is 0 Å². The van der Waals surface area contributed by atoms with Crippen LogP contribution in [0.15, 0.2) is 29.1 Å². The molecule has 1 saturated heterocycles. The lowest BCUT2D eigenvalue weighted by molar-refractivity contribution is 0.258. The Morgan fingerprint density at radius 2 is 1.83 bits per heavy atom. The van der Waals surface area contributed by atoms with Gasteiger partial charge < -0.3 is 10.2 Å². The molecule has 2 aromatic rings. The van der Waals surface area contributed by atoms with Crippen LogP contribution in [-0.4, -0.2) is 52.8 Å². The van der Waals surface area contributed by atoms with Gasteiger partial charge in [-0.05, 0) is 44.2 Å². The number of aromatic amines is 1. The number of nitrogens with one attached hydrogen (secondary N) is 2. The summed E-state index contributed by atoms with van der Waals surface area (Å²) < 4.78 is 0. The van der Waals surface area contributed by atoms with E-state index < -0.39 is 0 Å². The number of aromatic nitrogens is 3. The summed E-state index contributed by atoms with van der Waals surface area (Å²) >= 11 is 0. The topological polar surface area (TPSA) is 77.2 Å². The van der Waals surface area contributed by atoms with Gasteiger partial charge in [0, 0.05) is 37.6 Å². The molecule has 0 aliphatic carbocycles. The fourth-order valence-corrected chi connectivity index (χ4v) is 2.89. The van der Waals surface area contributed by atoms with Crippen LogP contribution < -0.4 is 15.8 Å². The van der Waals surface area contributed by atoms with Crippen LogP contribution in [0.1, 0.15) is 19.0 Å². The van der Waals surface area contributed by atoms with Crippen molar-refractivity contribution < 1.29 is 0 Å². The van der Waals surface area contributed by atoms with E-state index in [4.69, 9.17) is 0 Å². The molecule has 3 rings (SSSR count). The number of aryl methyl sites for hydroxylation is 1. The zero-order valence-electron chi connectivity index (χ0n) is 14.2. The summed E-state index contributed by atoms with van der Waals surface area (Å²) in [5, 5.41) is 10.8. The highest BCUT2D eigenvalue weighted by Crippen LogP contribution is 2.20. The third-order valence-corrected chi connectivity index (χ3v) is 4.27. The monoisotopic (exact) mass is 328 g/mol. The molecule has 0 amide bonds. The van der Waals surface area contributed by atoms with Crippen molar-refractivity contribution in [3.8, 4) is 0 Å². The minimum atomic E-state index is -0.228. The van der Waals surface area contributed by atoms with Crippen LogP contribution >= 0.6 is 0 Å². The van der Waals surface area contributed by atoms with Gasteiger partial charge >= 0.3 is 0 Å². The lowest BCUT2D eigenvalue weighted by atomic mass is 10.2. The van der Waals surface area contributed by atoms with E-state index in [9.17, 15) is 4.79 Å². The van der Waals surface area contributed by atoms with Crippen molar-refractivity contribution in [3.63, 3.8) is 0 Å². The Bertz CT molecular complexity index is 719. The first kappa shape index (κ1) is 16.4. The fraction of sp³-hybridized carbons (Fsp3) is 0.471. The number of piperazine rings is 1.